The van der Waals surface area contributed by atoms with Crippen LogP contribution in [0.25, 0.3) is 11.1 Å². The molecule has 1 saturated carbocycles. The first-order valence-corrected chi connectivity index (χ1v) is 7.32. The molecule has 0 bridgehead atoms. The van der Waals surface area contributed by atoms with E-state index in [1.54, 1.807) is 19.5 Å². The second-order valence-corrected chi connectivity index (χ2v) is 5.73. The summed E-state index contributed by atoms with van der Waals surface area (Å²) in [7, 11) is 1.72. The number of aromatic nitrogens is 1. The third-order valence-corrected chi connectivity index (χ3v) is 4.16. The Balaban J connectivity index is 1.84. The SMILES string of the molecule is C=C(N)[C@H]1C[C@@H]1c1ccc(-c2cnc(N)c(C=NC)c2)cc1. The minimum Gasteiger partial charge on any atom is -0.402 e. The minimum absolute atomic E-state index is 0.441. The zero-order valence-corrected chi connectivity index (χ0v) is 12.7. The first-order valence-electron chi connectivity index (χ1n) is 7.32. The van der Waals surface area contributed by atoms with Gasteiger partial charge in [0.25, 0.3) is 0 Å². The van der Waals surface area contributed by atoms with E-state index in [2.05, 4.69) is 40.8 Å². The van der Waals surface area contributed by atoms with Gasteiger partial charge in [0.05, 0.1) is 0 Å². The Labute approximate surface area is 130 Å². The minimum atomic E-state index is 0.441. The van der Waals surface area contributed by atoms with Crippen LogP contribution in [0, 0.1) is 5.92 Å². The van der Waals surface area contributed by atoms with Gasteiger partial charge in [-0.3, -0.25) is 4.99 Å². The van der Waals surface area contributed by atoms with Crippen LogP contribution >= 0.6 is 0 Å². The van der Waals surface area contributed by atoms with Crippen LogP contribution in [0.3, 0.4) is 0 Å². The lowest BCUT2D eigenvalue weighted by Gasteiger charge is -2.06. The Hall–Kier alpha value is -2.62. The number of aliphatic imine (C=N–C) groups is 1. The summed E-state index contributed by atoms with van der Waals surface area (Å²) in [5, 5.41) is 0. The van der Waals surface area contributed by atoms with Crippen molar-refractivity contribution in [2.24, 2.45) is 16.6 Å². The van der Waals surface area contributed by atoms with Gasteiger partial charge in [0.15, 0.2) is 0 Å². The molecule has 1 aromatic heterocycles. The molecule has 0 unspecified atom stereocenters. The van der Waals surface area contributed by atoms with E-state index < -0.39 is 0 Å². The van der Waals surface area contributed by atoms with Gasteiger partial charge >= 0.3 is 0 Å². The summed E-state index contributed by atoms with van der Waals surface area (Å²) in [6.45, 7) is 3.84. The third-order valence-electron chi connectivity index (χ3n) is 4.16. The van der Waals surface area contributed by atoms with Gasteiger partial charge in [-0.15, -0.1) is 0 Å². The molecule has 0 aliphatic heterocycles. The smallest absolute Gasteiger partial charge is 0.132 e. The fraction of sp³-hybridized carbons (Fsp3) is 0.222. The fourth-order valence-electron chi connectivity index (χ4n) is 2.79. The van der Waals surface area contributed by atoms with Crippen molar-refractivity contribution in [3.8, 4) is 11.1 Å². The number of nitrogens with zero attached hydrogens (tertiary/aromatic N) is 2. The van der Waals surface area contributed by atoms with Crippen molar-refractivity contribution in [3.63, 3.8) is 0 Å². The summed E-state index contributed by atoms with van der Waals surface area (Å²) < 4.78 is 0. The van der Waals surface area contributed by atoms with E-state index in [1.807, 2.05) is 6.07 Å². The van der Waals surface area contributed by atoms with Crippen LogP contribution in [0.4, 0.5) is 5.82 Å². The molecule has 0 amide bonds. The summed E-state index contributed by atoms with van der Waals surface area (Å²) in [6, 6.07) is 10.6. The van der Waals surface area contributed by atoms with Crippen LogP contribution in [0.5, 0.6) is 0 Å². The normalized spacial score (nSPS) is 20.2. The van der Waals surface area contributed by atoms with E-state index in [4.69, 9.17) is 11.5 Å². The van der Waals surface area contributed by atoms with E-state index in [9.17, 15) is 0 Å². The van der Waals surface area contributed by atoms with E-state index >= 15 is 0 Å². The summed E-state index contributed by atoms with van der Waals surface area (Å²) in [6.07, 6.45) is 4.62. The highest BCUT2D eigenvalue weighted by atomic mass is 14.8. The maximum absolute atomic E-state index is 5.85. The molecule has 1 aliphatic rings. The lowest BCUT2D eigenvalue weighted by atomic mass is 10.0. The highest BCUT2D eigenvalue weighted by molar-refractivity contribution is 5.87. The summed E-state index contributed by atoms with van der Waals surface area (Å²) >= 11 is 0. The number of hydrogen-bond donors (Lipinski definition) is 2. The molecule has 1 aliphatic carbocycles. The van der Waals surface area contributed by atoms with Crippen molar-refractivity contribution in [1.82, 2.24) is 4.98 Å². The number of nitrogens with two attached hydrogens (primary N) is 2. The standard InChI is InChI=1S/C18H20N4/c1-11(19)16-8-17(16)13-5-3-12(4-6-13)14-7-15(9-21-2)18(20)22-10-14/h3-7,9-10,16-17H,1,8,19H2,2H3,(H2,20,22)/t16-,17-/m1/s1. The lowest BCUT2D eigenvalue weighted by molar-refractivity contribution is 0.927. The average Bonchev–Trinajstić information content (AvgIpc) is 3.31. The molecular formula is C18H20N4. The topological polar surface area (TPSA) is 77.3 Å². The predicted octanol–water partition coefficient (Wildman–Crippen LogP) is 2.96. The van der Waals surface area contributed by atoms with E-state index in [0.29, 0.717) is 17.7 Å². The Morgan fingerprint density at radius 3 is 2.64 bits per heavy atom. The quantitative estimate of drug-likeness (QED) is 0.850. The van der Waals surface area contributed by atoms with Crippen molar-refractivity contribution < 1.29 is 0 Å². The molecule has 112 valence electrons. The largest absolute Gasteiger partial charge is 0.402 e. The Kier molecular flexibility index (Phi) is 3.67. The molecule has 22 heavy (non-hydrogen) atoms. The third kappa shape index (κ3) is 2.72. The Bertz CT molecular complexity index is 731. The molecule has 3 rings (SSSR count). The maximum Gasteiger partial charge on any atom is 0.132 e. The molecule has 1 fully saturated rings. The van der Waals surface area contributed by atoms with Gasteiger partial charge < -0.3 is 11.5 Å². The van der Waals surface area contributed by atoms with Crippen molar-refractivity contribution in [1.29, 1.82) is 0 Å². The van der Waals surface area contributed by atoms with Crippen LogP contribution in [0.15, 0.2) is 53.8 Å². The number of hydrogen-bond acceptors (Lipinski definition) is 4. The van der Waals surface area contributed by atoms with E-state index in [0.717, 1.165) is 28.8 Å². The van der Waals surface area contributed by atoms with Crippen LogP contribution in [0.2, 0.25) is 0 Å². The van der Waals surface area contributed by atoms with Gasteiger partial charge in [-0.1, -0.05) is 30.8 Å². The molecule has 4 N–H and O–H groups in total. The second kappa shape index (κ2) is 5.64. The molecular weight excluding hydrogens is 272 g/mol. The van der Waals surface area contributed by atoms with Gasteiger partial charge in [-0.2, -0.15) is 0 Å². The monoisotopic (exact) mass is 292 g/mol. The highest BCUT2D eigenvalue weighted by Crippen LogP contribution is 2.50. The first-order chi connectivity index (χ1) is 10.6. The van der Waals surface area contributed by atoms with E-state index in [-0.39, 0.29) is 0 Å². The van der Waals surface area contributed by atoms with E-state index in [1.165, 1.54) is 5.56 Å². The molecule has 0 saturated heterocycles. The molecule has 1 heterocycles. The Morgan fingerprint density at radius 2 is 2.05 bits per heavy atom. The lowest BCUT2D eigenvalue weighted by Crippen LogP contribution is -1.98. The summed E-state index contributed by atoms with van der Waals surface area (Å²) in [5.41, 5.74) is 16.7. The fourth-order valence-corrected chi connectivity index (χ4v) is 2.79. The molecule has 2 aromatic rings. The van der Waals surface area contributed by atoms with Crippen molar-refractivity contribution in [2.75, 3.05) is 12.8 Å². The number of allylic oxidation sites excluding steroid dienone is 1. The Morgan fingerprint density at radius 1 is 1.32 bits per heavy atom. The van der Waals surface area contributed by atoms with Gasteiger partial charge in [-0.05, 0) is 29.5 Å². The zero-order valence-electron chi connectivity index (χ0n) is 12.7. The number of benzene rings is 1. The zero-order chi connectivity index (χ0) is 15.7. The molecule has 4 heteroatoms. The van der Waals surface area contributed by atoms with Crippen molar-refractivity contribution >= 4 is 12.0 Å². The van der Waals surface area contributed by atoms with Gasteiger partial charge in [0, 0.05) is 42.2 Å². The van der Waals surface area contributed by atoms with Gasteiger partial charge in [-0.25, -0.2) is 4.98 Å². The van der Waals surface area contributed by atoms with Crippen LogP contribution in [-0.4, -0.2) is 18.2 Å². The average molecular weight is 292 g/mol. The summed E-state index contributed by atoms with van der Waals surface area (Å²) in [4.78, 5) is 8.24. The molecule has 2 atom stereocenters. The van der Waals surface area contributed by atoms with Crippen molar-refractivity contribution in [2.45, 2.75) is 12.3 Å². The highest BCUT2D eigenvalue weighted by Gasteiger charge is 2.39. The maximum atomic E-state index is 5.85. The number of rotatable bonds is 4. The van der Waals surface area contributed by atoms with Crippen molar-refractivity contribution in [3.05, 3.63) is 59.9 Å². The summed E-state index contributed by atoms with van der Waals surface area (Å²) in [5.74, 6) is 1.46. The molecule has 1 aromatic carbocycles. The second-order valence-electron chi connectivity index (χ2n) is 5.73. The van der Waals surface area contributed by atoms with Crippen LogP contribution in [0.1, 0.15) is 23.5 Å². The number of anilines is 1. The molecule has 0 radical (unpaired) electrons. The number of nitrogen functional groups attached to an aromatic ring is 1. The van der Waals surface area contributed by atoms with Gasteiger partial charge in [0.2, 0.25) is 0 Å². The molecule has 4 nitrogen and oxygen atoms in total. The van der Waals surface area contributed by atoms with Crippen LogP contribution < -0.4 is 11.5 Å². The molecule has 0 spiro atoms. The van der Waals surface area contributed by atoms with Crippen LogP contribution in [-0.2, 0) is 0 Å². The first kappa shape index (κ1) is 14.3. The number of pyridine rings is 1. The predicted molar refractivity (Wildman–Crippen MR) is 91.8 cm³/mol. The van der Waals surface area contributed by atoms with Gasteiger partial charge in [0.1, 0.15) is 5.82 Å².